The van der Waals surface area contributed by atoms with Crippen molar-refractivity contribution < 1.29 is 18.3 Å². The monoisotopic (exact) mass is 818 g/mol. The molecule has 0 aliphatic carbocycles. The molecule has 0 saturated carbocycles. The van der Waals surface area contributed by atoms with Crippen molar-refractivity contribution in [1.29, 1.82) is 0 Å². The number of hydrogen-bond donors (Lipinski definition) is 1. The summed E-state index contributed by atoms with van der Waals surface area (Å²) < 4.78 is 28.3. The van der Waals surface area contributed by atoms with E-state index < -0.39 is 11.7 Å². The molecule has 6 aromatic rings. The molecule has 43 heavy (non-hydrogen) atoms. The number of benzene rings is 4. The molecule has 214 valence electrons. The molecule has 0 unspecified atom stereocenters. The molecule has 0 fully saturated rings. The highest BCUT2D eigenvalue weighted by molar-refractivity contribution is 14.1. The van der Waals surface area contributed by atoms with Gasteiger partial charge in [-0.15, -0.1) is 0 Å². The molecule has 2 aromatic heterocycles. The number of halogens is 4. The molecular formula is C31H18ClFI2N4O4. The standard InChI is InChI=1S/C31H18ClFI2N4O4/c32-19-9-10-26-18(13-19)14-27(43-26)30-38-24-7-3-1-5-20(24)31(41)39(30)36-15-17-11-22(34)29(23(35)12-17)42-16-28(40)37-25-8-4-2-6-21(25)33/h1-15H,16H2,(H,37,40). The first-order valence-electron chi connectivity index (χ1n) is 12.7. The summed E-state index contributed by atoms with van der Waals surface area (Å²) in [6.45, 7) is -0.308. The Labute approximate surface area is 275 Å². The molecule has 0 bridgehead atoms. The lowest BCUT2D eigenvalue weighted by Crippen LogP contribution is -2.21. The lowest BCUT2D eigenvalue weighted by atomic mass is 10.2. The third kappa shape index (κ3) is 6.28. The van der Waals surface area contributed by atoms with Crippen LogP contribution < -0.4 is 15.6 Å². The number of aromatic nitrogens is 2. The van der Waals surface area contributed by atoms with Crippen molar-refractivity contribution in [1.82, 2.24) is 9.66 Å². The molecule has 4 aromatic carbocycles. The van der Waals surface area contributed by atoms with Gasteiger partial charge >= 0.3 is 0 Å². The SMILES string of the molecule is O=C(COc1c(I)cc(C=Nn2c(-c3cc4cc(Cl)ccc4o3)nc3ccccc3c2=O)cc1I)Nc1ccccc1F. The number of furan rings is 1. The molecule has 12 heteroatoms. The molecule has 1 N–H and O–H groups in total. The molecule has 0 radical (unpaired) electrons. The Balaban J connectivity index is 1.30. The van der Waals surface area contributed by atoms with Gasteiger partial charge in [0.25, 0.3) is 11.5 Å². The normalized spacial score (nSPS) is 11.4. The number of nitrogens with one attached hydrogen (secondary N) is 1. The molecule has 0 spiro atoms. The molecule has 6 rings (SSSR count). The van der Waals surface area contributed by atoms with Gasteiger partial charge in [-0.25, -0.2) is 9.37 Å². The van der Waals surface area contributed by atoms with E-state index in [1.54, 1.807) is 72.9 Å². The Kier molecular flexibility index (Phi) is 8.45. The Bertz CT molecular complexity index is 2110. The number of para-hydroxylation sites is 2. The number of nitrogens with zero attached hydrogens (tertiary/aromatic N) is 3. The average Bonchev–Trinajstić information content (AvgIpc) is 3.40. The Morgan fingerprint density at radius 2 is 1.79 bits per heavy atom. The molecule has 8 nitrogen and oxygen atoms in total. The molecular weight excluding hydrogens is 801 g/mol. The molecule has 0 aliphatic heterocycles. The summed E-state index contributed by atoms with van der Waals surface area (Å²) in [6, 6.07) is 23.6. The number of amides is 1. The summed E-state index contributed by atoms with van der Waals surface area (Å²) in [6.07, 6.45) is 1.54. The summed E-state index contributed by atoms with van der Waals surface area (Å²) in [5.41, 5.74) is 1.51. The fourth-order valence-corrected chi connectivity index (χ4v) is 6.63. The minimum absolute atomic E-state index is 0.0799. The van der Waals surface area contributed by atoms with E-state index in [-0.39, 0.29) is 23.7 Å². The maximum atomic E-state index is 13.9. The second-order valence-electron chi connectivity index (χ2n) is 9.24. The van der Waals surface area contributed by atoms with Crippen molar-refractivity contribution >= 4 is 96.5 Å². The van der Waals surface area contributed by atoms with Crippen LogP contribution in [0.2, 0.25) is 5.02 Å². The fraction of sp³-hybridized carbons (Fsp3) is 0.0323. The van der Waals surface area contributed by atoms with E-state index >= 15 is 0 Å². The third-order valence-electron chi connectivity index (χ3n) is 6.29. The summed E-state index contributed by atoms with van der Waals surface area (Å²) in [5.74, 6) is 0.0627. The topological polar surface area (TPSA) is 98.7 Å². The number of rotatable bonds is 7. The number of hydrogen-bond acceptors (Lipinski definition) is 6. The number of anilines is 1. The molecule has 1 amide bonds. The van der Waals surface area contributed by atoms with Gasteiger partial charge < -0.3 is 14.5 Å². The van der Waals surface area contributed by atoms with Crippen molar-refractivity contribution in [3.8, 4) is 17.3 Å². The highest BCUT2D eigenvalue weighted by atomic mass is 127. The maximum Gasteiger partial charge on any atom is 0.282 e. The molecule has 0 atom stereocenters. The van der Waals surface area contributed by atoms with Crippen LogP contribution in [0, 0.1) is 13.0 Å². The van der Waals surface area contributed by atoms with Gasteiger partial charge in [-0.2, -0.15) is 9.78 Å². The number of ether oxygens (including phenoxy) is 1. The lowest BCUT2D eigenvalue weighted by Gasteiger charge is -2.12. The first kappa shape index (κ1) is 29.3. The van der Waals surface area contributed by atoms with E-state index in [4.69, 9.17) is 25.7 Å². The van der Waals surface area contributed by atoms with Crippen LogP contribution >= 0.6 is 56.8 Å². The van der Waals surface area contributed by atoms with Crippen LogP contribution in [0.1, 0.15) is 5.56 Å². The van der Waals surface area contributed by atoms with Gasteiger partial charge in [0.15, 0.2) is 12.4 Å². The first-order chi connectivity index (χ1) is 20.8. The number of carbonyl (C=O) groups excluding carboxylic acids is 1. The van der Waals surface area contributed by atoms with Crippen molar-refractivity contribution in [2.45, 2.75) is 0 Å². The molecule has 0 aliphatic rings. The molecule has 0 saturated heterocycles. The van der Waals surface area contributed by atoms with Crippen molar-refractivity contribution in [2.75, 3.05) is 11.9 Å². The summed E-state index contributed by atoms with van der Waals surface area (Å²) in [4.78, 5) is 30.6. The van der Waals surface area contributed by atoms with Gasteiger partial charge in [0, 0.05) is 10.4 Å². The van der Waals surface area contributed by atoms with E-state index in [1.807, 2.05) is 6.07 Å². The summed E-state index contributed by atoms with van der Waals surface area (Å²) in [5, 5.41) is 8.75. The van der Waals surface area contributed by atoms with E-state index in [2.05, 4.69) is 55.6 Å². The summed E-state index contributed by atoms with van der Waals surface area (Å²) in [7, 11) is 0. The van der Waals surface area contributed by atoms with E-state index in [1.165, 1.54) is 16.8 Å². The van der Waals surface area contributed by atoms with Crippen LogP contribution in [0.15, 0.2) is 99.2 Å². The van der Waals surface area contributed by atoms with Gasteiger partial charge in [0.1, 0.15) is 17.1 Å². The van der Waals surface area contributed by atoms with Crippen LogP contribution in [0.25, 0.3) is 33.5 Å². The van der Waals surface area contributed by atoms with Gasteiger partial charge in [-0.3, -0.25) is 9.59 Å². The van der Waals surface area contributed by atoms with Crippen LogP contribution in [0.4, 0.5) is 10.1 Å². The van der Waals surface area contributed by atoms with E-state index in [0.29, 0.717) is 45.7 Å². The highest BCUT2D eigenvalue weighted by Gasteiger charge is 2.17. The van der Waals surface area contributed by atoms with Crippen molar-refractivity contribution in [3.63, 3.8) is 0 Å². The fourth-order valence-electron chi connectivity index (χ4n) is 4.32. The highest BCUT2D eigenvalue weighted by Crippen LogP contribution is 2.30. The first-order valence-corrected chi connectivity index (χ1v) is 15.2. The van der Waals surface area contributed by atoms with Gasteiger partial charge in [0.05, 0.1) is 29.9 Å². The second-order valence-corrected chi connectivity index (χ2v) is 12.0. The Hall–Kier alpha value is -3.82. The second kappa shape index (κ2) is 12.4. The largest absolute Gasteiger partial charge is 0.482 e. The predicted octanol–water partition coefficient (Wildman–Crippen LogP) is 7.71. The minimum Gasteiger partial charge on any atom is -0.482 e. The molecule has 2 heterocycles. The van der Waals surface area contributed by atoms with Crippen LogP contribution in [-0.2, 0) is 4.79 Å². The van der Waals surface area contributed by atoms with Crippen molar-refractivity contribution in [2.24, 2.45) is 5.10 Å². The van der Waals surface area contributed by atoms with Crippen LogP contribution in [-0.4, -0.2) is 28.4 Å². The quantitative estimate of drug-likeness (QED) is 0.132. The van der Waals surface area contributed by atoms with Crippen LogP contribution in [0.5, 0.6) is 5.75 Å². The van der Waals surface area contributed by atoms with E-state index in [9.17, 15) is 14.0 Å². The summed E-state index contributed by atoms with van der Waals surface area (Å²) >= 11 is 10.3. The average molecular weight is 819 g/mol. The van der Waals surface area contributed by atoms with Gasteiger partial charge in [0.2, 0.25) is 5.82 Å². The zero-order valence-corrected chi connectivity index (χ0v) is 26.9. The predicted molar refractivity (Wildman–Crippen MR) is 182 cm³/mol. The minimum atomic E-state index is -0.530. The zero-order chi connectivity index (χ0) is 30.1. The Morgan fingerprint density at radius 3 is 2.58 bits per heavy atom. The smallest absolute Gasteiger partial charge is 0.282 e. The van der Waals surface area contributed by atoms with Gasteiger partial charge in [-0.05, 0) is 111 Å². The number of fused-ring (bicyclic) bond motifs is 2. The van der Waals surface area contributed by atoms with Gasteiger partial charge in [-0.1, -0.05) is 35.9 Å². The number of carbonyl (C=O) groups is 1. The third-order valence-corrected chi connectivity index (χ3v) is 8.13. The maximum absolute atomic E-state index is 13.9. The van der Waals surface area contributed by atoms with E-state index in [0.717, 1.165) is 5.39 Å². The van der Waals surface area contributed by atoms with Crippen LogP contribution in [0.3, 0.4) is 0 Å². The zero-order valence-electron chi connectivity index (χ0n) is 21.9. The van der Waals surface area contributed by atoms with Crippen molar-refractivity contribution in [3.05, 3.63) is 119 Å². The Morgan fingerprint density at radius 1 is 1.05 bits per heavy atom. The lowest BCUT2D eigenvalue weighted by molar-refractivity contribution is -0.118.